The highest BCUT2D eigenvalue weighted by Gasteiger charge is 2.31. The minimum Gasteiger partial charge on any atom is -0.481 e. The molecule has 2 heterocycles. The molecule has 2 rings (SSSR count). The van der Waals surface area contributed by atoms with E-state index in [0.29, 0.717) is 16.8 Å². The van der Waals surface area contributed by atoms with Gasteiger partial charge in [-0.15, -0.1) is 0 Å². The zero-order valence-corrected chi connectivity index (χ0v) is 11.9. The van der Waals surface area contributed by atoms with Crippen LogP contribution in [-0.4, -0.2) is 46.0 Å². The van der Waals surface area contributed by atoms with Crippen LogP contribution < -0.4 is 0 Å². The van der Waals surface area contributed by atoms with Gasteiger partial charge in [0.05, 0.1) is 23.2 Å². The van der Waals surface area contributed by atoms with E-state index in [1.807, 2.05) is 0 Å². The predicted octanol–water partition coefficient (Wildman–Crippen LogP) is 2.07. The molecule has 0 saturated carbocycles. The van der Waals surface area contributed by atoms with Crippen LogP contribution in [0.25, 0.3) is 0 Å². The zero-order valence-electron chi connectivity index (χ0n) is 9.47. The second-order valence-corrected chi connectivity index (χ2v) is 5.93. The van der Waals surface area contributed by atoms with Gasteiger partial charge in [0.15, 0.2) is 0 Å². The zero-order chi connectivity index (χ0) is 13.1. The summed E-state index contributed by atoms with van der Waals surface area (Å²) in [6.07, 6.45) is 1.40. The number of carboxylic acid groups (broad SMARTS) is 1. The maximum Gasteiger partial charge on any atom is 0.305 e. The Morgan fingerprint density at radius 2 is 2.39 bits per heavy atom. The third kappa shape index (κ3) is 2.89. The second kappa shape index (κ2) is 5.79. The Hall–Kier alpha value is -0.950. The molecule has 5 nitrogen and oxygen atoms in total. The van der Waals surface area contributed by atoms with Gasteiger partial charge in [0, 0.05) is 18.1 Å². The SMILES string of the molecule is O=C(O)CC1CSCCN1C(=O)c1occc1Br. The number of carbonyl (C=O) groups excluding carboxylic acids is 1. The van der Waals surface area contributed by atoms with Crippen LogP contribution in [0.1, 0.15) is 17.0 Å². The Morgan fingerprint density at radius 3 is 3.00 bits per heavy atom. The average Bonchev–Trinajstić information content (AvgIpc) is 2.74. The number of thioether (sulfide) groups is 1. The summed E-state index contributed by atoms with van der Waals surface area (Å²) in [4.78, 5) is 24.7. The lowest BCUT2D eigenvalue weighted by atomic mass is 10.2. The number of amides is 1. The van der Waals surface area contributed by atoms with Gasteiger partial charge in [-0.05, 0) is 22.0 Å². The molecule has 0 bridgehead atoms. The lowest BCUT2D eigenvalue weighted by molar-refractivity contribution is -0.138. The van der Waals surface area contributed by atoms with Crippen molar-refractivity contribution in [2.45, 2.75) is 12.5 Å². The van der Waals surface area contributed by atoms with Gasteiger partial charge < -0.3 is 14.4 Å². The monoisotopic (exact) mass is 333 g/mol. The molecule has 1 fully saturated rings. The molecule has 0 aliphatic carbocycles. The smallest absolute Gasteiger partial charge is 0.305 e. The third-order valence-corrected chi connectivity index (χ3v) is 4.43. The van der Waals surface area contributed by atoms with E-state index in [0.717, 1.165) is 5.75 Å². The lowest BCUT2D eigenvalue weighted by Crippen LogP contribution is -2.47. The summed E-state index contributed by atoms with van der Waals surface area (Å²) in [5, 5.41) is 8.87. The van der Waals surface area contributed by atoms with E-state index in [2.05, 4.69) is 15.9 Å². The summed E-state index contributed by atoms with van der Waals surface area (Å²) in [5.41, 5.74) is 0. The molecule has 1 amide bonds. The Kier molecular flexibility index (Phi) is 4.34. The first-order valence-corrected chi connectivity index (χ1v) is 7.38. The van der Waals surface area contributed by atoms with E-state index < -0.39 is 5.97 Å². The number of hydrogen-bond acceptors (Lipinski definition) is 4. The first-order valence-electron chi connectivity index (χ1n) is 5.43. The maximum atomic E-state index is 12.3. The highest BCUT2D eigenvalue weighted by molar-refractivity contribution is 9.10. The summed E-state index contributed by atoms with van der Waals surface area (Å²) in [6.45, 7) is 0.550. The van der Waals surface area contributed by atoms with Crippen molar-refractivity contribution in [1.29, 1.82) is 0 Å². The number of nitrogens with zero attached hydrogens (tertiary/aromatic N) is 1. The molecule has 98 valence electrons. The molecule has 1 aliphatic rings. The van der Waals surface area contributed by atoms with Crippen LogP contribution in [-0.2, 0) is 4.79 Å². The van der Waals surface area contributed by atoms with Crippen LogP contribution in [0.3, 0.4) is 0 Å². The maximum absolute atomic E-state index is 12.3. The molecule has 0 radical (unpaired) electrons. The number of rotatable bonds is 3. The number of furan rings is 1. The molecular formula is C11H12BrNO4S. The van der Waals surface area contributed by atoms with E-state index in [1.165, 1.54) is 6.26 Å². The van der Waals surface area contributed by atoms with Gasteiger partial charge in [-0.1, -0.05) is 0 Å². The van der Waals surface area contributed by atoms with Gasteiger partial charge in [0.25, 0.3) is 5.91 Å². The Morgan fingerprint density at radius 1 is 1.61 bits per heavy atom. The molecule has 1 aromatic rings. The van der Waals surface area contributed by atoms with E-state index in [9.17, 15) is 9.59 Å². The number of hydrogen-bond donors (Lipinski definition) is 1. The van der Waals surface area contributed by atoms with Gasteiger partial charge in [-0.3, -0.25) is 9.59 Å². The summed E-state index contributed by atoms with van der Waals surface area (Å²) in [7, 11) is 0. The normalized spacial score (nSPS) is 19.8. The van der Waals surface area contributed by atoms with E-state index in [1.54, 1.807) is 22.7 Å². The van der Waals surface area contributed by atoms with Gasteiger partial charge in [-0.25, -0.2) is 0 Å². The third-order valence-electron chi connectivity index (χ3n) is 2.71. The fourth-order valence-corrected chi connectivity index (χ4v) is 3.30. The van der Waals surface area contributed by atoms with Gasteiger partial charge >= 0.3 is 5.97 Å². The fourth-order valence-electron chi connectivity index (χ4n) is 1.87. The number of aliphatic carboxylic acids is 1. The molecule has 1 N–H and O–H groups in total. The summed E-state index contributed by atoms with van der Waals surface area (Å²) < 4.78 is 5.74. The fraction of sp³-hybridized carbons (Fsp3) is 0.455. The molecular weight excluding hydrogens is 322 g/mol. The number of carboxylic acids is 1. The topological polar surface area (TPSA) is 70.8 Å². The quantitative estimate of drug-likeness (QED) is 0.916. The van der Waals surface area contributed by atoms with Crippen molar-refractivity contribution in [2.24, 2.45) is 0 Å². The van der Waals surface area contributed by atoms with Crippen LogP contribution >= 0.6 is 27.7 Å². The minimum atomic E-state index is -0.890. The molecule has 1 saturated heterocycles. The minimum absolute atomic E-state index is 0.0307. The predicted molar refractivity (Wildman–Crippen MR) is 70.8 cm³/mol. The second-order valence-electron chi connectivity index (χ2n) is 3.92. The van der Waals surface area contributed by atoms with Crippen LogP contribution in [0, 0.1) is 0 Å². The molecule has 1 atom stereocenters. The molecule has 1 unspecified atom stereocenters. The average molecular weight is 334 g/mol. The largest absolute Gasteiger partial charge is 0.481 e. The van der Waals surface area contributed by atoms with Crippen LogP contribution in [0.2, 0.25) is 0 Å². The molecule has 1 aromatic heterocycles. The van der Waals surface area contributed by atoms with Crippen molar-refractivity contribution in [3.8, 4) is 0 Å². The van der Waals surface area contributed by atoms with Crippen LogP contribution in [0.15, 0.2) is 21.2 Å². The van der Waals surface area contributed by atoms with E-state index >= 15 is 0 Å². The van der Waals surface area contributed by atoms with Crippen molar-refractivity contribution in [2.75, 3.05) is 18.1 Å². The van der Waals surface area contributed by atoms with Crippen molar-refractivity contribution < 1.29 is 19.1 Å². The highest BCUT2D eigenvalue weighted by atomic mass is 79.9. The van der Waals surface area contributed by atoms with E-state index in [4.69, 9.17) is 9.52 Å². The summed E-state index contributed by atoms with van der Waals surface area (Å²) >= 11 is 4.91. The first kappa shape index (κ1) is 13.5. The highest BCUT2D eigenvalue weighted by Crippen LogP contribution is 2.25. The molecule has 1 aliphatic heterocycles. The summed E-state index contributed by atoms with van der Waals surface area (Å²) in [5.74, 6) is 0.561. The van der Waals surface area contributed by atoms with Crippen LogP contribution in [0.4, 0.5) is 0 Å². The van der Waals surface area contributed by atoms with Gasteiger partial charge in [0.2, 0.25) is 5.76 Å². The standard InChI is InChI=1S/C11H12BrNO4S/c12-8-1-3-17-10(8)11(16)13-2-4-18-6-7(13)5-9(14)15/h1,3,7H,2,4-6H2,(H,14,15). The Labute approximate surface area is 117 Å². The molecule has 0 aromatic carbocycles. The first-order chi connectivity index (χ1) is 8.59. The number of carbonyl (C=O) groups is 2. The van der Waals surface area contributed by atoms with Gasteiger partial charge in [-0.2, -0.15) is 11.8 Å². The Balaban J connectivity index is 2.16. The number of halogens is 1. The van der Waals surface area contributed by atoms with Crippen LogP contribution in [0.5, 0.6) is 0 Å². The molecule has 7 heteroatoms. The van der Waals surface area contributed by atoms with E-state index in [-0.39, 0.29) is 24.1 Å². The summed E-state index contributed by atoms with van der Waals surface area (Å²) in [6, 6.07) is 1.38. The van der Waals surface area contributed by atoms with Crippen molar-refractivity contribution >= 4 is 39.6 Å². The Bertz CT molecular complexity index is 462. The van der Waals surface area contributed by atoms with Gasteiger partial charge in [0.1, 0.15) is 0 Å². The van der Waals surface area contributed by atoms with Crippen molar-refractivity contribution in [3.63, 3.8) is 0 Å². The van der Waals surface area contributed by atoms with Crippen molar-refractivity contribution in [1.82, 2.24) is 4.90 Å². The molecule has 0 spiro atoms. The lowest BCUT2D eigenvalue weighted by Gasteiger charge is -2.34. The van der Waals surface area contributed by atoms with Crippen molar-refractivity contribution in [3.05, 3.63) is 22.6 Å². The molecule has 18 heavy (non-hydrogen) atoms.